The van der Waals surface area contributed by atoms with E-state index in [9.17, 15) is 9.59 Å². The molecule has 0 saturated heterocycles. The highest BCUT2D eigenvalue weighted by Crippen LogP contribution is 2.01. The van der Waals surface area contributed by atoms with Crippen molar-refractivity contribution < 1.29 is 14.3 Å². The van der Waals surface area contributed by atoms with Gasteiger partial charge in [0.05, 0.1) is 13.7 Å². The second-order valence-corrected chi connectivity index (χ2v) is 4.01. The van der Waals surface area contributed by atoms with E-state index >= 15 is 0 Å². The highest BCUT2D eigenvalue weighted by atomic mass is 16.5. The second kappa shape index (κ2) is 7.45. The lowest BCUT2D eigenvalue weighted by Crippen LogP contribution is -2.37. The van der Waals surface area contributed by atoms with Gasteiger partial charge in [-0.25, -0.2) is 0 Å². The number of methoxy groups -OCH3 is 1. The summed E-state index contributed by atoms with van der Waals surface area (Å²) in [5.41, 5.74) is 1.14. The van der Waals surface area contributed by atoms with Crippen molar-refractivity contribution in [1.82, 2.24) is 10.2 Å². The van der Waals surface area contributed by atoms with Gasteiger partial charge in [0, 0.05) is 6.54 Å². The largest absolute Gasteiger partial charge is 0.468 e. The molecule has 0 aliphatic rings. The monoisotopic (exact) mass is 250 g/mol. The average Bonchev–Trinajstić information content (AvgIpc) is 2.37. The van der Waals surface area contributed by atoms with Crippen LogP contribution in [0.3, 0.4) is 0 Å². The Morgan fingerprint density at radius 1 is 1.28 bits per heavy atom. The minimum absolute atomic E-state index is 0.0888. The van der Waals surface area contributed by atoms with E-state index < -0.39 is 5.97 Å². The number of hydrogen-bond donors (Lipinski definition) is 1. The number of nitrogens with zero attached hydrogens (tertiary/aromatic N) is 1. The van der Waals surface area contributed by atoms with Gasteiger partial charge in [-0.2, -0.15) is 0 Å². The lowest BCUT2D eigenvalue weighted by Gasteiger charge is -2.16. The summed E-state index contributed by atoms with van der Waals surface area (Å²) in [5.74, 6) is -0.645. The highest BCUT2D eigenvalue weighted by molar-refractivity contribution is 5.83. The summed E-state index contributed by atoms with van der Waals surface area (Å²) < 4.78 is 4.43. The Labute approximate surface area is 107 Å². The summed E-state index contributed by atoms with van der Waals surface area (Å²) in [6, 6.07) is 9.87. The van der Waals surface area contributed by atoms with Crippen LogP contribution in [-0.4, -0.2) is 44.0 Å². The fourth-order valence-corrected chi connectivity index (χ4v) is 1.49. The molecule has 1 aromatic carbocycles. The second-order valence-electron chi connectivity index (χ2n) is 4.01. The molecule has 0 bridgehead atoms. The molecule has 0 aliphatic heterocycles. The third-order valence-corrected chi connectivity index (χ3v) is 2.37. The molecule has 0 atom stereocenters. The van der Waals surface area contributed by atoms with E-state index in [0.29, 0.717) is 6.54 Å². The smallest absolute Gasteiger partial charge is 0.325 e. The molecule has 18 heavy (non-hydrogen) atoms. The van der Waals surface area contributed by atoms with Crippen molar-refractivity contribution in [3.63, 3.8) is 0 Å². The lowest BCUT2D eigenvalue weighted by molar-refractivity contribution is -0.141. The number of amides is 1. The Balaban J connectivity index is 2.29. The Morgan fingerprint density at radius 2 is 1.94 bits per heavy atom. The summed E-state index contributed by atoms with van der Waals surface area (Å²) in [6.45, 7) is 0.840. The first-order valence-electron chi connectivity index (χ1n) is 5.68. The standard InChI is InChI=1S/C13H18N2O3/c1-15(9-11-6-4-3-5-7-11)10-12(16)14-8-13(17)18-2/h3-7H,8-10H2,1-2H3,(H,14,16). The van der Waals surface area contributed by atoms with Gasteiger partial charge in [0.2, 0.25) is 5.91 Å². The number of rotatable bonds is 6. The number of carbonyl (C=O) groups is 2. The zero-order valence-corrected chi connectivity index (χ0v) is 10.7. The van der Waals surface area contributed by atoms with Crippen LogP contribution in [0.5, 0.6) is 0 Å². The molecule has 0 saturated carbocycles. The molecule has 0 aliphatic carbocycles. The fraction of sp³-hybridized carbons (Fsp3) is 0.385. The summed E-state index contributed by atoms with van der Waals surface area (Å²) in [6.07, 6.45) is 0. The van der Waals surface area contributed by atoms with Crippen molar-refractivity contribution in [3.05, 3.63) is 35.9 Å². The van der Waals surface area contributed by atoms with E-state index in [-0.39, 0.29) is 19.0 Å². The van der Waals surface area contributed by atoms with E-state index in [1.54, 1.807) is 0 Å². The van der Waals surface area contributed by atoms with Crippen molar-refractivity contribution in [2.24, 2.45) is 0 Å². The quantitative estimate of drug-likeness (QED) is 0.743. The molecule has 0 spiro atoms. The molecule has 0 fully saturated rings. The van der Waals surface area contributed by atoms with E-state index in [4.69, 9.17) is 0 Å². The minimum atomic E-state index is -0.450. The highest BCUT2D eigenvalue weighted by Gasteiger charge is 2.08. The van der Waals surface area contributed by atoms with E-state index in [2.05, 4.69) is 10.1 Å². The van der Waals surface area contributed by atoms with Crippen molar-refractivity contribution in [2.75, 3.05) is 27.2 Å². The van der Waals surface area contributed by atoms with Crippen molar-refractivity contribution >= 4 is 11.9 Å². The first kappa shape index (κ1) is 14.2. The molecule has 5 nitrogen and oxygen atoms in total. The molecular formula is C13H18N2O3. The van der Waals surface area contributed by atoms with Crippen LogP contribution >= 0.6 is 0 Å². The van der Waals surface area contributed by atoms with Crippen LogP contribution in [0.15, 0.2) is 30.3 Å². The molecular weight excluding hydrogens is 232 g/mol. The Morgan fingerprint density at radius 3 is 2.56 bits per heavy atom. The van der Waals surface area contributed by atoms with Gasteiger partial charge >= 0.3 is 5.97 Å². The number of hydrogen-bond acceptors (Lipinski definition) is 4. The van der Waals surface area contributed by atoms with Crippen LogP contribution in [0.25, 0.3) is 0 Å². The van der Waals surface area contributed by atoms with Crippen LogP contribution in [0.2, 0.25) is 0 Å². The molecule has 0 heterocycles. The van der Waals surface area contributed by atoms with Crippen molar-refractivity contribution in [3.8, 4) is 0 Å². The minimum Gasteiger partial charge on any atom is -0.468 e. The fourth-order valence-electron chi connectivity index (χ4n) is 1.49. The van der Waals surface area contributed by atoms with Gasteiger partial charge in [-0.05, 0) is 12.6 Å². The third-order valence-electron chi connectivity index (χ3n) is 2.37. The zero-order valence-electron chi connectivity index (χ0n) is 10.7. The van der Waals surface area contributed by atoms with Gasteiger partial charge in [-0.15, -0.1) is 0 Å². The van der Waals surface area contributed by atoms with Crippen LogP contribution in [0.4, 0.5) is 0 Å². The molecule has 1 amide bonds. The molecule has 1 rings (SSSR count). The Hall–Kier alpha value is -1.88. The summed E-state index contributed by atoms with van der Waals surface area (Å²) in [5, 5.41) is 2.49. The molecule has 0 radical (unpaired) electrons. The maximum atomic E-state index is 11.5. The zero-order chi connectivity index (χ0) is 13.4. The van der Waals surface area contributed by atoms with E-state index in [1.165, 1.54) is 7.11 Å². The normalized spacial score (nSPS) is 10.2. The van der Waals surface area contributed by atoms with Gasteiger partial charge < -0.3 is 10.1 Å². The maximum absolute atomic E-state index is 11.5. The lowest BCUT2D eigenvalue weighted by atomic mass is 10.2. The van der Waals surface area contributed by atoms with Gasteiger partial charge in [0.1, 0.15) is 6.54 Å². The first-order valence-corrected chi connectivity index (χ1v) is 5.68. The van der Waals surface area contributed by atoms with Crippen molar-refractivity contribution in [1.29, 1.82) is 0 Å². The number of nitrogens with one attached hydrogen (secondary N) is 1. The van der Waals surface area contributed by atoms with Crippen LogP contribution in [-0.2, 0) is 20.9 Å². The summed E-state index contributed by atoms with van der Waals surface area (Å²) in [7, 11) is 3.14. The van der Waals surface area contributed by atoms with E-state index in [0.717, 1.165) is 5.56 Å². The van der Waals surface area contributed by atoms with Crippen LogP contribution in [0, 0.1) is 0 Å². The maximum Gasteiger partial charge on any atom is 0.325 e. The number of likely N-dealkylation sites (N-methyl/N-ethyl adjacent to an activating group) is 1. The topological polar surface area (TPSA) is 58.6 Å². The van der Waals surface area contributed by atoms with Gasteiger partial charge in [0.15, 0.2) is 0 Å². The molecule has 0 aromatic heterocycles. The Bertz CT molecular complexity index is 392. The number of esters is 1. The molecule has 0 unspecified atom stereocenters. The molecule has 98 valence electrons. The van der Waals surface area contributed by atoms with Gasteiger partial charge in [0.25, 0.3) is 0 Å². The molecule has 5 heteroatoms. The molecule has 1 N–H and O–H groups in total. The Kier molecular flexibility index (Phi) is 5.87. The third kappa shape index (κ3) is 5.45. The molecule has 1 aromatic rings. The summed E-state index contributed by atoms with van der Waals surface area (Å²) >= 11 is 0. The van der Waals surface area contributed by atoms with E-state index in [1.807, 2.05) is 42.3 Å². The number of ether oxygens (including phenoxy) is 1. The van der Waals surface area contributed by atoms with Crippen LogP contribution < -0.4 is 5.32 Å². The first-order chi connectivity index (χ1) is 8.61. The number of benzene rings is 1. The van der Waals surface area contributed by atoms with Gasteiger partial charge in [-0.1, -0.05) is 30.3 Å². The summed E-state index contributed by atoms with van der Waals surface area (Å²) in [4.78, 5) is 24.2. The average molecular weight is 250 g/mol. The predicted octanol–water partition coefficient (Wildman–Crippen LogP) is 0.408. The number of carbonyl (C=O) groups excluding carboxylic acids is 2. The SMILES string of the molecule is COC(=O)CNC(=O)CN(C)Cc1ccccc1. The van der Waals surface area contributed by atoms with Crippen molar-refractivity contribution in [2.45, 2.75) is 6.54 Å². The predicted molar refractivity (Wildman–Crippen MR) is 67.8 cm³/mol. The van der Waals surface area contributed by atoms with Crippen LogP contribution in [0.1, 0.15) is 5.56 Å². The van der Waals surface area contributed by atoms with Gasteiger partial charge in [-0.3, -0.25) is 14.5 Å².